The van der Waals surface area contributed by atoms with E-state index in [4.69, 9.17) is 26.5 Å². The molecule has 2 heterocycles. The predicted octanol–water partition coefficient (Wildman–Crippen LogP) is 1.19. The minimum atomic E-state index is -0.464. The van der Waals surface area contributed by atoms with E-state index >= 15 is 0 Å². The first-order valence-electron chi connectivity index (χ1n) is 6.16. The minimum Gasteiger partial charge on any atom is -0.420 e. The van der Waals surface area contributed by atoms with E-state index in [1.165, 1.54) is 30.5 Å². The molecule has 0 aliphatic carbocycles. The Bertz CT molecular complexity index is 793. The van der Waals surface area contributed by atoms with Gasteiger partial charge in [-0.25, -0.2) is 9.37 Å². The summed E-state index contributed by atoms with van der Waals surface area (Å²) in [4.78, 5) is 11.6. The molecule has 0 radical (unpaired) electrons. The van der Waals surface area contributed by atoms with Crippen molar-refractivity contribution in [2.24, 2.45) is 21.6 Å². The van der Waals surface area contributed by atoms with Crippen LogP contribution in [0, 0.1) is 11.2 Å². The van der Waals surface area contributed by atoms with Crippen LogP contribution in [0.4, 0.5) is 10.4 Å². The molecule has 2 aromatic rings. The number of halogens is 1. The van der Waals surface area contributed by atoms with Crippen LogP contribution in [0.5, 0.6) is 0 Å². The summed E-state index contributed by atoms with van der Waals surface area (Å²) in [6.45, 7) is 0. The number of rotatable bonds is 5. The monoisotopic (exact) mass is 317 g/mol. The average Bonchev–Trinajstić information content (AvgIpc) is 3.00. The number of aromatic nitrogens is 2. The second-order valence-electron chi connectivity index (χ2n) is 4.14. The highest BCUT2D eigenvalue weighted by Crippen LogP contribution is 2.21. The van der Waals surface area contributed by atoms with Crippen molar-refractivity contribution in [2.45, 2.75) is 0 Å². The Kier molecular flexibility index (Phi) is 4.77. The molecule has 2 rings (SSSR count). The Morgan fingerprint density at radius 3 is 2.70 bits per heavy atom. The first-order valence-corrected chi connectivity index (χ1v) is 6.16. The van der Waals surface area contributed by atoms with Gasteiger partial charge < -0.3 is 21.1 Å². The van der Waals surface area contributed by atoms with Crippen LogP contribution in [0.15, 0.2) is 51.2 Å². The summed E-state index contributed by atoms with van der Waals surface area (Å²) in [6.07, 6.45) is 4.88. The Morgan fingerprint density at radius 2 is 2.04 bits per heavy atom. The van der Waals surface area contributed by atoms with Crippen LogP contribution in [-0.2, 0) is 0 Å². The number of nitrogens with zero attached hydrogens (tertiary/aromatic N) is 4. The zero-order valence-corrected chi connectivity index (χ0v) is 11.6. The SMILES string of the molecule is N=C(/C=C\C(N)=Nc1ncc(-c2ccc(F)cn2)o1)C(N)=NO. The molecule has 0 saturated heterocycles. The molecule has 0 aliphatic rings. The van der Waals surface area contributed by atoms with Gasteiger partial charge in [-0.2, -0.15) is 9.98 Å². The lowest BCUT2D eigenvalue weighted by atomic mass is 10.3. The third-order valence-corrected chi connectivity index (χ3v) is 2.50. The molecule has 23 heavy (non-hydrogen) atoms. The van der Waals surface area contributed by atoms with E-state index in [0.29, 0.717) is 11.5 Å². The Labute approximate surface area is 129 Å². The summed E-state index contributed by atoms with van der Waals surface area (Å²) in [5.74, 6) is -0.547. The van der Waals surface area contributed by atoms with Crippen molar-refractivity contribution < 1.29 is 14.0 Å². The number of oxazole rings is 1. The lowest BCUT2D eigenvalue weighted by Crippen LogP contribution is -2.21. The van der Waals surface area contributed by atoms with Crippen molar-refractivity contribution in [1.29, 1.82) is 5.41 Å². The molecule has 6 N–H and O–H groups in total. The predicted molar refractivity (Wildman–Crippen MR) is 81.2 cm³/mol. The smallest absolute Gasteiger partial charge is 0.324 e. The third kappa shape index (κ3) is 4.20. The van der Waals surface area contributed by atoms with Gasteiger partial charge in [-0.1, -0.05) is 5.16 Å². The third-order valence-electron chi connectivity index (χ3n) is 2.50. The van der Waals surface area contributed by atoms with Gasteiger partial charge in [0.15, 0.2) is 11.6 Å². The Morgan fingerprint density at radius 1 is 1.26 bits per heavy atom. The van der Waals surface area contributed by atoms with Crippen LogP contribution in [0.3, 0.4) is 0 Å². The summed E-state index contributed by atoms with van der Waals surface area (Å²) in [5.41, 5.74) is 11.0. The topological polar surface area (TPSA) is 160 Å². The molecule has 0 amide bonds. The van der Waals surface area contributed by atoms with Gasteiger partial charge in [0, 0.05) is 0 Å². The van der Waals surface area contributed by atoms with Gasteiger partial charge in [0.25, 0.3) is 0 Å². The van der Waals surface area contributed by atoms with E-state index < -0.39 is 5.82 Å². The number of aliphatic imine (C=N–C) groups is 1. The van der Waals surface area contributed by atoms with E-state index in [1.807, 2.05) is 0 Å². The molecule has 0 aromatic carbocycles. The second-order valence-corrected chi connectivity index (χ2v) is 4.14. The minimum absolute atomic E-state index is 0.0130. The maximum Gasteiger partial charge on any atom is 0.324 e. The summed E-state index contributed by atoms with van der Waals surface area (Å²) in [7, 11) is 0. The van der Waals surface area contributed by atoms with Gasteiger partial charge >= 0.3 is 6.01 Å². The fraction of sp³-hybridized carbons (Fsp3) is 0. The van der Waals surface area contributed by atoms with E-state index in [2.05, 4.69) is 20.1 Å². The van der Waals surface area contributed by atoms with Crippen LogP contribution >= 0.6 is 0 Å². The molecular formula is C13H12FN7O2. The van der Waals surface area contributed by atoms with Gasteiger partial charge in [0.05, 0.1) is 18.1 Å². The molecule has 118 valence electrons. The average molecular weight is 317 g/mol. The largest absolute Gasteiger partial charge is 0.420 e. The van der Waals surface area contributed by atoms with E-state index in [9.17, 15) is 4.39 Å². The molecule has 2 aromatic heterocycles. The second kappa shape index (κ2) is 6.93. The fourth-order valence-electron chi connectivity index (χ4n) is 1.41. The van der Waals surface area contributed by atoms with Gasteiger partial charge in [0.1, 0.15) is 17.3 Å². The molecule has 0 atom stereocenters. The highest BCUT2D eigenvalue weighted by Gasteiger charge is 2.07. The molecule has 9 nitrogen and oxygen atoms in total. The van der Waals surface area contributed by atoms with Crippen LogP contribution in [0.25, 0.3) is 11.5 Å². The number of hydrogen-bond donors (Lipinski definition) is 4. The van der Waals surface area contributed by atoms with Gasteiger partial charge in [0.2, 0.25) is 0 Å². The standard InChI is InChI=1S/C13H12FN7O2/c14-7-1-3-9(18-5-7)10-6-19-13(23-10)20-11(16)4-2-8(15)12(17)21-22/h1-6,15,22H,(H2,17,21)(H2,16,19,20)/b4-2-,15-8?. The van der Waals surface area contributed by atoms with Crippen molar-refractivity contribution in [1.82, 2.24) is 9.97 Å². The van der Waals surface area contributed by atoms with E-state index in [-0.39, 0.29) is 23.4 Å². The Hall–Kier alpha value is -3.56. The number of nitrogens with one attached hydrogen (secondary N) is 1. The molecule has 0 saturated carbocycles. The molecule has 0 aliphatic heterocycles. The van der Waals surface area contributed by atoms with Crippen LogP contribution in [0.2, 0.25) is 0 Å². The highest BCUT2D eigenvalue weighted by atomic mass is 19.1. The Balaban J connectivity index is 2.12. The zero-order chi connectivity index (χ0) is 16.8. The van der Waals surface area contributed by atoms with Crippen LogP contribution in [0.1, 0.15) is 0 Å². The van der Waals surface area contributed by atoms with Gasteiger partial charge in [-0.15, -0.1) is 0 Å². The summed E-state index contributed by atoms with van der Waals surface area (Å²) >= 11 is 0. The van der Waals surface area contributed by atoms with Crippen LogP contribution in [-0.4, -0.2) is 32.6 Å². The van der Waals surface area contributed by atoms with Crippen molar-refractivity contribution in [3.8, 4) is 11.5 Å². The number of oxime groups is 1. The van der Waals surface area contributed by atoms with Crippen LogP contribution < -0.4 is 11.5 Å². The normalized spacial score (nSPS) is 12.7. The summed E-state index contributed by atoms with van der Waals surface area (Å²) in [6, 6.07) is 2.64. The summed E-state index contributed by atoms with van der Waals surface area (Å²) < 4.78 is 18.1. The molecule has 0 bridgehead atoms. The van der Waals surface area contributed by atoms with Gasteiger partial charge in [-0.3, -0.25) is 5.41 Å². The van der Waals surface area contributed by atoms with Crippen molar-refractivity contribution in [3.05, 3.63) is 42.5 Å². The number of pyridine rings is 1. The molecule has 0 fully saturated rings. The molecule has 0 unspecified atom stereocenters. The quantitative estimate of drug-likeness (QED) is 0.280. The first kappa shape index (κ1) is 15.8. The molecular weight excluding hydrogens is 305 g/mol. The highest BCUT2D eigenvalue weighted by molar-refractivity contribution is 6.44. The van der Waals surface area contributed by atoms with E-state index in [1.54, 1.807) is 0 Å². The molecule has 10 heteroatoms. The van der Waals surface area contributed by atoms with Crippen molar-refractivity contribution in [2.75, 3.05) is 0 Å². The number of nitrogens with two attached hydrogens (primary N) is 2. The lowest BCUT2D eigenvalue weighted by Gasteiger charge is -1.94. The summed E-state index contributed by atoms with van der Waals surface area (Å²) in [5, 5.41) is 18.5. The zero-order valence-electron chi connectivity index (χ0n) is 11.6. The number of hydrogen-bond acceptors (Lipinski definition) is 7. The lowest BCUT2D eigenvalue weighted by molar-refractivity contribution is 0.319. The fourth-order valence-corrected chi connectivity index (χ4v) is 1.41. The maximum atomic E-state index is 12.8. The van der Waals surface area contributed by atoms with E-state index in [0.717, 1.165) is 6.20 Å². The maximum absolute atomic E-state index is 12.8. The number of amidine groups is 2. The van der Waals surface area contributed by atoms with Crippen molar-refractivity contribution >= 4 is 23.4 Å². The molecule has 0 spiro atoms. The van der Waals surface area contributed by atoms with Crippen molar-refractivity contribution in [3.63, 3.8) is 0 Å². The first-order chi connectivity index (χ1) is 11.0. The van der Waals surface area contributed by atoms with Gasteiger partial charge in [-0.05, 0) is 24.3 Å².